The minimum atomic E-state index is 0.256. The van der Waals surface area contributed by atoms with Gasteiger partial charge in [-0.3, -0.25) is 0 Å². The van der Waals surface area contributed by atoms with Crippen LogP contribution in [-0.2, 0) is 0 Å². The molecule has 1 N–H and O–H groups in total. The maximum atomic E-state index is 9.64. The molecule has 0 heterocycles. The zero-order valence-electron chi connectivity index (χ0n) is 12.1. The Morgan fingerprint density at radius 3 is 2.33 bits per heavy atom. The maximum absolute atomic E-state index is 9.64. The van der Waals surface area contributed by atoms with Crippen molar-refractivity contribution in [2.24, 2.45) is 11.8 Å². The molecule has 0 aromatic heterocycles. The molecular weight excluding hydrogens is 220 g/mol. The molecule has 0 fully saturated rings. The van der Waals surface area contributed by atoms with E-state index in [4.69, 9.17) is 0 Å². The summed E-state index contributed by atoms with van der Waals surface area (Å²) in [4.78, 5) is 0. The average Bonchev–Trinajstić information content (AvgIpc) is 2.38. The van der Waals surface area contributed by atoms with Crippen molar-refractivity contribution in [1.82, 2.24) is 0 Å². The molecule has 0 bridgehead atoms. The highest BCUT2D eigenvalue weighted by atomic mass is 16.3. The van der Waals surface area contributed by atoms with Gasteiger partial charge in [-0.1, -0.05) is 70.4 Å². The topological polar surface area (TPSA) is 20.2 Å². The summed E-state index contributed by atoms with van der Waals surface area (Å²) < 4.78 is 0. The van der Waals surface area contributed by atoms with E-state index >= 15 is 0 Å². The first-order chi connectivity index (χ1) is 8.69. The number of aliphatic hydroxyl groups excluding tert-OH is 1. The fourth-order valence-electron chi connectivity index (χ4n) is 2.78. The van der Waals surface area contributed by atoms with Crippen LogP contribution >= 0.6 is 0 Å². The van der Waals surface area contributed by atoms with Gasteiger partial charge in [0.1, 0.15) is 0 Å². The molecule has 3 atom stereocenters. The van der Waals surface area contributed by atoms with Crippen LogP contribution in [0.15, 0.2) is 30.3 Å². The van der Waals surface area contributed by atoms with Crippen LogP contribution in [0.5, 0.6) is 0 Å². The number of rotatable bonds is 8. The summed E-state index contributed by atoms with van der Waals surface area (Å²) in [5, 5.41) is 9.64. The molecule has 0 amide bonds. The van der Waals surface area contributed by atoms with Crippen molar-refractivity contribution in [3.05, 3.63) is 35.9 Å². The van der Waals surface area contributed by atoms with Crippen LogP contribution in [-0.4, -0.2) is 11.7 Å². The predicted octanol–water partition coefficient (Wildman–Crippen LogP) is 4.62. The Bertz CT molecular complexity index is 307. The quantitative estimate of drug-likeness (QED) is 0.712. The second-order valence-corrected chi connectivity index (χ2v) is 5.66. The fraction of sp³-hybridized carbons (Fsp3) is 0.647. The fourth-order valence-corrected chi connectivity index (χ4v) is 2.78. The Morgan fingerprint density at radius 2 is 1.78 bits per heavy atom. The average molecular weight is 248 g/mol. The molecule has 1 aromatic carbocycles. The van der Waals surface area contributed by atoms with Gasteiger partial charge < -0.3 is 5.11 Å². The van der Waals surface area contributed by atoms with Crippen LogP contribution in [0.4, 0.5) is 0 Å². The molecule has 1 aromatic rings. The molecule has 1 heteroatoms. The number of unbranched alkanes of at least 4 members (excludes halogenated alkanes) is 1. The largest absolute Gasteiger partial charge is 0.396 e. The van der Waals surface area contributed by atoms with E-state index in [2.05, 4.69) is 45.0 Å². The van der Waals surface area contributed by atoms with E-state index in [-0.39, 0.29) is 12.5 Å². The number of aliphatic hydroxyl groups is 1. The van der Waals surface area contributed by atoms with Crippen molar-refractivity contribution in [3.8, 4) is 0 Å². The lowest BCUT2D eigenvalue weighted by Gasteiger charge is -2.25. The Morgan fingerprint density at radius 1 is 1.11 bits per heavy atom. The van der Waals surface area contributed by atoms with Crippen LogP contribution in [0.2, 0.25) is 0 Å². The van der Waals surface area contributed by atoms with Crippen LogP contribution in [0.3, 0.4) is 0 Å². The molecule has 102 valence electrons. The van der Waals surface area contributed by atoms with Crippen molar-refractivity contribution in [2.75, 3.05) is 6.61 Å². The Hall–Kier alpha value is -0.820. The number of hydrogen-bond acceptors (Lipinski definition) is 1. The van der Waals surface area contributed by atoms with Crippen LogP contribution < -0.4 is 0 Å². The monoisotopic (exact) mass is 248 g/mol. The minimum absolute atomic E-state index is 0.256. The molecule has 18 heavy (non-hydrogen) atoms. The molecule has 0 spiro atoms. The van der Waals surface area contributed by atoms with Crippen molar-refractivity contribution in [1.29, 1.82) is 0 Å². The van der Waals surface area contributed by atoms with Gasteiger partial charge >= 0.3 is 0 Å². The third-order valence-corrected chi connectivity index (χ3v) is 3.94. The summed E-state index contributed by atoms with van der Waals surface area (Å²) in [6.45, 7) is 7.12. The van der Waals surface area contributed by atoms with E-state index in [1.807, 2.05) is 6.07 Å². The number of benzene rings is 1. The van der Waals surface area contributed by atoms with Gasteiger partial charge in [0, 0.05) is 5.92 Å². The molecule has 0 aliphatic heterocycles. The van der Waals surface area contributed by atoms with Gasteiger partial charge in [-0.25, -0.2) is 0 Å². The van der Waals surface area contributed by atoms with Crippen molar-refractivity contribution < 1.29 is 5.11 Å². The van der Waals surface area contributed by atoms with Gasteiger partial charge in [0.05, 0.1) is 6.61 Å². The van der Waals surface area contributed by atoms with Crippen molar-refractivity contribution in [2.45, 2.75) is 52.4 Å². The third kappa shape index (κ3) is 4.81. The first-order valence-electron chi connectivity index (χ1n) is 7.34. The highest BCUT2D eigenvalue weighted by molar-refractivity contribution is 5.20. The smallest absolute Gasteiger partial charge is 0.0502 e. The second kappa shape index (κ2) is 8.31. The zero-order valence-corrected chi connectivity index (χ0v) is 12.1. The van der Waals surface area contributed by atoms with Gasteiger partial charge in [-0.15, -0.1) is 0 Å². The van der Waals surface area contributed by atoms with Gasteiger partial charge in [0.2, 0.25) is 0 Å². The molecule has 0 radical (unpaired) electrons. The Kier molecular flexibility index (Phi) is 7.04. The lowest BCUT2D eigenvalue weighted by molar-refractivity contribution is 0.214. The lowest BCUT2D eigenvalue weighted by Crippen LogP contribution is -2.16. The summed E-state index contributed by atoms with van der Waals surface area (Å²) in [5.41, 5.74) is 1.27. The van der Waals surface area contributed by atoms with Gasteiger partial charge in [0.15, 0.2) is 0 Å². The summed E-state index contributed by atoms with van der Waals surface area (Å²) in [6, 6.07) is 10.4. The van der Waals surface area contributed by atoms with Crippen LogP contribution in [0, 0.1) is 11.8 Å². The standard InChI is InChI=1S/C17H28O/c1-4-5-9-14(2)12-15(3)17(13-18)16-10-7-6-8-11-16/h6-8,10-11,14-15,17-18H,4-5,9,12-13H2,1-3H3/t14?,15?,17-/m0/s1. The summed E-state index contributed by atoms with van der Waals surface area (Å²) in [5.74, 6) is 1.59. The molecule has 1 nitrogen and oxygen atoms in total. The first-order valence-corrected chi connectivity index (χ1v) is 7.34. The Balaban J connectivity index is 2.55. The predicted molar refractivity (Wildman–Crippen MR) is 78.7 cm³/mol. The van der Waals surface area contributed by atoms with Gasteiger partial charge in [-0.2, -0.15) is 0 Å². The van der Waals surface area contributed by atoms with E-state index in [0.29, 0.717) is 5.92 Å². The van der Waals surface area contributed by atoms with E-state index in [1.54, 1.807) is 0 Å². The Labute approximate surface area is 112 Å². The zero-order chi connectivity index (χ0) is 13.4. The maximum Gasteiger partial charge on any atom is 0.0502 e. The van der Waals surface area contributed by atoms with Crippen molar-refractivity contribution >= 4 is 0 Å². The lowest BCUT2D eigenvalue weighted by atomic mass is 9.81. The first kappa shape index (κ1) is 15.2. The summed E-state index contributed by atoms with van der Waals surface area (Å²) in [6.07, 6.45) is 5.12. The molecular formula is C17H28O. The third-order valence-electron chi connectivity index (χ3n) is 3.94. The van der Waals surface area contributed by atoms with Gasteiger partial charge in [0.25, 0.3) is 0 Å². The van der Waals surface area contributed by atoms with E-state index in [0.717, 1.165) is 5.92 Å². The summed E-state index contributed by atoms with van der Waals surface area (Å²) >= 11 is 0. The summed E-state index contributed by atoms with van der Waals surface area (Å²) in [7, 11) is 0. The molecule has 1 rings (SSSR count). The molecule has 0 aliphatic rings. The van der Waals surface area contributed by atoms with E-state index in [9.17, 15) is 5.11 Å². The van der Waals surface area contributed by atoms with Crippen LogP contribution in [0.1, 0.15) is 57.9 Å². The molecule has 0 saturated carbocycles. The highest BCUT2D eigenvalue weighted by Gasteiger charge is 2.20. The molecule has 0 aliphatic carbocycles. The normalized spacial score (nSPS) is 16.2. The SMILES string of the molecule is CCCCC(C)CC(C)[C@H](CO)c1ccccc1. The minimum Gasteiger partial charge on any atom is -0.396 e. The second-order valence-electron chi connectivity index (χ2n) is 5.66. The molecule has 2 unspecified atom stereocenters. The van der Waals surface area contributed by atoms with Crippen LogP contribution in [0.25, 0.3) is 0 Å². The molecule has 0 saturated heterocycles. The highest BCUT2D eigenvalue weighted by Crippen LogP contribution is 2.30. The van der Waals surface area contributed by atoms with E-state index < -0.39 is 0 Å². The van der Waals surface area contributed by atoms with Gasteiger partial charge in [-0.05, 0) is 23.8 Å². The number of hydrogen-bond donors (Lipinski definition) is 1. The van der Waals surface area contributed by atoms with E-state index in [1.165, 1.54) is 31.2 Å². The van der Waals surface area contributed by atoms with Crippen molar-refractivity contribution in [3.63, 3.8) is 0 Å².